The lowest BCUT2D eigenvalue weighted by Gasteiger charge is -2.35. The maximum atomic E-state index is 6.02. The van der Waals surface area contributed by atoms with Gasteiger partial charge in [0, 0.05) is 31.4 Å². The minimum absolute atomic E-state index is 0.270. The molecule has 21 heavy (non-hydrogen) atoms. The topological polar surface area (TPSA) is 79.7 Å². The monoisotopic (exact) mass is 320 g/mol. The summed E-state index contributed by atoms with van der Waals surface area (Å²) in [6, 6.07) is 0.283. The smallest absolute Gasteiger partial charge is 0.374 e. The van der Waals surface area contributed by atoms with Crippen LogP contribution in [-0.2, 0) is 13.3 Å². The molecule has 0 spiro atoms. The number of hydrogen-bond acceptors (Lipinski definition) is 5. The summed E-state index contributed by atoms with van der Waals surface area (Å²) in [5.74, 6) is 0. The van der Waals surface area contributed by atoms with Crippen LogP contribution in [-0.4, -0.2) is 41.2 Å². The summed E-state index contributed by atoms with van der Waals surface area (Å²) in [5.41, 5.74) is 12.1. The molecule has 128 valence electrons. The van der Waals surface area contributed by atoms with Crippen LogP contribution < -0.4 is 11.5 Å². The van der Waals surface area contributed by atoms with Gasteiger partial charge in [-0.3, -0.25) is 0 Å². The van der Waals surface area contributed by atoms with E-state index in [9.17, 15) is 0 Å². The summed E-state index contributed by atoms with van der Waals surface area (Å²) in [6.45, 7) is 10.6. The van der Waals surface area contributed by atoms with Crippen molar-refractivity contribution in [3.63, 3.8) is 0 Å². The molecule has 0 radical (unpaired) electrons. The quantitative estimate of drug-likeness (QED) is 0.481. The maximum absolute atomic E-state index is 6.02. The van der Waals surface area contributed by atoms with Gasteiger partial charge in [-0.15, -0.1) is 0 Å². The van der Waals surface area contributed by atoms with Crippen LogP contribution in [0.1, 0.15) is 59.8 Å². The van der Waals surface area contributed by atoms with Crippen LogP contribution in [0.2, 0.25) is 5.54 Å². The van der Waals surface area contributed by atoms with Crippen LogP contribution in [0.5, 0.6) is 0 Å². The highest BCUT2D eigenvalue weighted by molar-refractivity contribution is 6.62. The van der Waals surface area contributed by atoms with Crippen molar-refractivity contribution in [2.75, 3.05) is 26.4 Å². The van der Waals surface area contributed by atoms with Crippen LogP contribution in [0.25, 0.3) is 0 Å². The van der Waals surface area contributed by atoms with E-state index >= 15 is 0 Å². The first-order valence-corrected chi connectivity index (χ1v) is 10.3. The largest absolute Gasteiger partial charge is 0.504 e. The Morgan fingerprint density at radius 3 is 1.76 bits per heavy atom. The molecule has 2 unspecified atom stereocenters. The van der Waals surface area contributed by atoms with Gasteiger partial charge in [-0.05, 0) is 53.0 Å². The Hall–Kier alpha value is 0.0169. The summed E-state index contributed by atoms with van der Waals surface area (Å²) in [7, 11) is -2.65. The van der Waals surface area contributed by atoms with Gasteiger partial charge in [0.25, 0.3) is 0 Å². The van der Waals surface area contributed by atoms with Gasteiger partial charge in [0.15, 0.2) is 0 Å². The summed E-state index contributed by atoms with van der Waals surface area (Å²) in [4.78, 5) is 0. The minimum atomic E-state index is -2.65. The molecule has 6 heteroatoms. The van der Waals surface area contributed by atoms with Crippen LogP contribution >= 0.6 is 0 Å². The van der Waals surface area contributed by atoms with Gasteiger partial charge in [0.1, 0.15) is 0 Å². The molecule has 0 saturated heterocycles. The second-order valence-electron chi connectivity index (χ2n) is 5.28. The number of rotatable bonds is 14. The lowest BCUT2D eigenvalue weighted by atomic mass is 10.1. The van der Waals surface area contributed by atoms with E-state index in [1.807, 2.05) is 20.8 Å². The Labute approximate surface area is 132 Å². The Bertz CT molecular complexity index is 228. The first-order chi connectivity index (χ1) is 10.1. The lowest BCUT2D eigenvalue weighted by Crippen LogP contribution is -2.51. The van der Waals surface area contributed by atoms with Gasteiger partial charge in [-0.25, -0.2) is 0 Å². The molecule has 0 fully saturated rings. The molecule has 0 amide bonds. The summed E-state index contributed by atoms with van der Waals surface area (Å²) in [6.07, 6.45) is 5.02. The fourth-order valence-corrected chi connectivity index (χ4v) is 5.85. The molecule has 0 aromatic carbocycles. The summed E-state index contributed by atoms with van der Waals surface area (Å²) < 4.78 is 18.0. The molecule has 0 aromatic rings. The first-order valence-electron chi connectivity index (χ1n) is 8.47. The standard InChI is InChI=1S/C15H36N2O3Si/c1-5-14(17)10-9-11-15(12-13-16)21(18-6-2,19-7-3)20-8-4/h14-15H,5-13,16-17H2,1-4H3. The Kier molecular flexibility index (Phi) is 12.6. The highest BCUT2D eigenvalue weighted by atomic mass is 28.4. The third kappa shape index (κ3) is 7.72. The third-order valence-electron chi connectivity index (χ3n) is 3.70. The Morgan fingerprint density at radius 2 is 1.38 bits per heavy atom. The molecule has 0 aliphatic heterocycles. The molecule has 2 atom stereocenters. The SMILES string of the molecule is CCO[Si](OCC)(OCC)C(CCN)CCCC(N)CC. The van der Waals surface area contributed by atoms with Gasteiger partial charge in [-0.1, -0.05) is 13.3 Å². The van der Waals surface area contributed by atoms with E-state index in [0.717, 1.165) is 32.1 Å². The van der Waals surface area contributed by atoms with Gasteiger partial charge >= 0.3 is 8.80 Å². The van der Waals surface area contributed by atoms with Crippen LogP contribution in [0, 0.1) is 0 Å². The fourth-order valence-electron chi connectivity index (χ4n) is 2.61. The molecule has 0 bridgehead atoms. The average molecular weight is 321 g/mol. The molecule has 0 aliphatic carbocycles. The summed E-state index contributed by atoms with van der Waals surface area (Å²) >= 11 is 0. The van der Waals surface area contributed by atoms with E-state index in [-0.39, 0.29) is 11.6 Å². The maximum Gasteiger partial charge on any atom is 0.504 e. The van der Waals surface area contributed by atoms with Gasteiger partial charge in [-0.2, -0.15) is 0 Å². The summed E-state index contributed by atoms with van der Waals surface area (Å²) in [5, 5.41) is 0. The molecule has 0 saturated carbocycles. The predicted octanol–water partition coefficient (Wildman–Crippen LogP) is 2.66. The van der Waals surface area contributed by atoms with Crippen LogP contribution in [0.15, 0.2) is 0 Å². The minimum Gasteiger partial charge on any atom is -0.374 e. The average Bonchev–Trinajstić information content (AvgIpc) is 2.46. The van der Waals surface area contributed by atoms with Crippen molar-refractivity contribution in [1.29, 1.82) is 0 Å². The molecule has 5 nitrogen and oxygen atoms in total. The van der Waals surface area contributed by atoms with E-state index in [4.69, 9.17) is 24.7 Å². The zero-order chi connectivity index (χ0) is 16.1. The zero-order valence-electron chi connectivity index (χ0n) is 14.4. The van der Waals surface area contributed by atoms with Crippen molar-refractivity contribution in [3.05, 3.63) is 0 Å². The normalized spacial score (nSPS) is 15.1. The lowest BCUT2D eigenvalue weighted by molar-refractivity contribution is 0.0585. The van der Waals surface area contributed by atoms with Crippen LogP contribution in [0.3, 0.4) is 0 Å². The van der Waals surface area contributed by atoms with E-state index < -0.39 is 8.80 Å². The van der Waals surface area contributed by atoms with Crippen molar-refractivity contribution in [3.8, 4) is 0 Å². The molecule has 0 aliphatic rings. The number of nitrogens with two attached hydrogens (primary N) is 2. The van der Waals surface area contributed by atoms with E-state index in [2.05, 4.69) is 6.92 Å². The molecule has 4 N–H and O–H groups in total. The third-order valence-corrected chi connectivity index (χ3v) is 7.35. The molecule has 0 rings (SSSR count). The zero-order valence-corrected chi connectivity index (χ0v) is 15.4. The van der Waals surface area contributed by atoms with Crippen molar-refractivity contribution >= 4 is 8.80 Å². The van der Waals surface area contributed by atoms with Crippen molar-refractivity contribution in [1.82, 2.24) is 0 Å². The number of hydrogen-bond donors (Lipinski definition) is 2. The molecular weight excluding hydrogens is 284 g/mol. The highest BCUT2D eigenvalue weighted by Gasteiger charge is 2.48. The predicted molar refractivity (Wildman–Crippen MR) is 90.2 cm³/mol. The van der Waals surface area contributed by atoms with Crippen LogP contribution in [0.4, 0.5) is 0 Å². The van der Waals surface area contributed by atoms with E-state index in [0.29, 0.717) is 26.4 Å². The second kappa shape index (κ2) is 12.5. The van der Waals surface area contributed by atoms with Crippen molar-refractivity contribution < 1.29 is 13.3 Å². The first kappa shape index (κ1) is 21.0. The Balaban J connectivity index is 4.83. The van der Waals surface area contributed by atoms with Gasteiger partial charge in [0.05, 0.1) is 0 Å². The molecular formula is C15H36N2O3Si. The van der Waals surface area contributed by atoms with Gasteiger partial charge < -0.3 is 24.7 Å². The van der Waals surface area contributed by atoms with Gasteiger partial charge in [0.2, 0.25) is 0 Å². The Morgan fingerprint density at radius 1 is 0.857 bits per heavy atom. The van der Waals surface area contributed by atoms with E-state index in [1.54, 1.807) is 0 Å². The van der Waals surface area contributed by atoms with Crippen molar-refractivity contribution in [2.24, 2.45) is 11.5 Å². The highest BCUT2D eigenvalue weighted by Crippen LogP contribution is 2.33. The molecule has 0 aromatic heterocycles. The van der Waals surface area contributed by atoms with E-state index in [1.165, 1.54) is 0 Å². The second-order valence-corrected chi connectivity index (χ2v) is 8.17. The fraction of sp³-hybridized carbons (Fsp3) is 1.00. The van der Waals surface area contributed by atoms with Crippen molar-refractivity contribution in [2.45, 2.75) is 71.4 Å². The molecule has 0 heterocycles.